The molecule has 13 heteroatoms. The van der Waals surface area contributed by atoms with E-state index in [1.54, 1.807) is 0 Å². The third kappa shape index (κ3) is 1.36. The van der Waals surface area contributed by atoms with E-state index in [2.05, 4.69) is 0 Å². The Morgan fingerprint density at radius 3 is 1.19 bits per heavy atom. The molecule has 0 aromatic rings. The number of hydrogen-bond acceptors (Lipinski definition) is 5. The van der Waals surface area contributed by atoms with E-state index in [9.17, 15) is 26.3 Å². The van der Waals surface area contributed by atoms with Gasteiger partial charge in [-0.2, -0.15) is 26.3 Å². The molecule has 0 saturated carbocycles. The van der Waals surface area contributed by atoms with Crippen LogP contribution in [0, 0.1) is 0 Å². The summed E-state index contributed by atoms with van der Waals surface area (Å²) in [5, 5.41) is -11.9. The minimum atomic E-state index is -6.32. The van der Waals surface area contributed by atoms with Crippen LogP contribution in [0.15, 0.2) is 0 Å². The van der Waals surface area contributed by atoms with Gasteiger partial charge >= 0.3 is 16.4 Å². The number of hydrogen-bond donors (Lipinski definition) is 5. The average Bonchev–Trinajstić information content (AvgIpc) is 1.98. The summed E-state index contributed by atoms with van der Waals surface area (Å²) in [5.41, 5.74) is 0. The van der Waals surface area contributed by atoms with Crippen molar-refractivity contribution in [3.8, 4) is 0 Å². The van der Waals surface area contributed by atoms with Gasteiger partial charge in [0.05, 0.1) is 0 Å². The van der Waals surface area contributed by atoms with E-state index in [-0.39, 0.29) is 4.13 Å². The van der Waals surface area contributed by atoms with Gasteiger partial charge in [0.2, 0.25) is 0 Å². The van der Waals surface area contributed by atoms with E-state index in [0.29, 0.717) is 0 Å². The highest BCUT2D eigenvalue weighted by Crippen LogP contribution is 2.76. The maximum absolute atomic E-state index is 12.6. The van der Waals surface area contributed by atoms with Crippen molar-refractivity contribution < 1.29 is 44.6 Å². The summed E-state index contributed by atoms with van der Waals surface area (Å²) in [6.07, 6.45) is 0. The highest BCUT2D eigenvalue weighted by Gasteiger charge is 2.85. The minimum absolute atomic E-state index is 0.277. The second-order valence-corrected chi connectivity index (χ2v) is 6.68. The van der Waals surface area contributed by atoms with Crippen LogP contribution in [0.2, 0.25) is 0 Å². The van der Waals surface area contributed by atoms with Crippen molar-refractivity contribution >= 4 is 21.6 Å². The first-order chi connectivity index (χ1) is 6.71. The summed E-state index contributed by atoms with van der Waals surface area (Å²) in [6.45, 7) is 0. The van der Waals surface area contributed by atoms with Gasteiger partial charge in [-0.05, 0) is 0 Å². The second-order valence-electron chi connectivity index (χ2n) is 2.79. The molecule has 0 bridgehead atoms. The zero-order valence-electron chi connectivity index (χ0n) is 6.87. The summed E-state index contributed by atoms with van der Waals surface area (Å²) >= 11 is 0. The average molecular weight is 297 g/mol. The fourth-order valence-corrected chi connectivity index (χ4v) is 3.96. The quantitative estimate of drug-likeness (QED) is 0.443. The summed E-state index contributed by atoms with van der Waals surface area (Å²) in [5.74, 6) is -6.32. The molecule has 5 N–H and O–H groups in total. The van der Waals surface area contributed by atoms with Crippen LogP contribution in [0.1, 0.15) is 0 Å². The highest BCUT2D eigenvalue weighted by molar-refractivity contribution is 8.38. The van der Waals surface area contributed by atoms with Crippen LogP contribution in [0.4, 0.5) is 26.3 Å². The van der Waals surface area contributed by atoms with E-state index >= 15 is 0 Å². The molecule has 0 aromatic carbocycles. The van der Waals surface area contributed by atoms with E-state index in [1.165, 1.54) is 0 Å². The molecule has 5 nitrogen and oxygen atoms in total. The van der Waals surface area contributed by atoms with Gasteiger partial charge in [-0.3, -0.25) is 18.2 Å². The molecule has 0 spiro atoms. The number of alkyl halides is 6. The topological polar surface area (TPSA) is 93.0 Å². The number of nitrogens with one attached hydrogen (secondary N) is 1. The van der Waals surface area contributed by atoms with Crippen molar-refractivity contribution in [3.05, 3.63) is 0 Å². The lowest BCUT2D eigenvalue weighted by atomic mass is 10.3. The van der Waals surface area contributed by atoms with Crippen LogP contribution >= 0.6 is 21.6 Å². The van der Waals surface area contributed by atoms with Crippen LogP contribution in [-0.4, -0.2) is 34.6 Å². The lowest BCUT2D eigenvalue weighted by molar-refractivity contribution is -0.252. The smallest absolute Gasteiger partial charge is 0.279 e. The fraction of sp³-hybridized carbons (Fsp3) is 1.00. The molecular weight excluding hydrogens is 292 g/mol. The van der Waals surface area contributed by atoms with Crippen molar-refractivity contribution in [1.29, 1.82) is 0 Å². The molecule has 0 aliphatic carbocycles. The normalized spacial score (nSPS) is 37.4. The van der Waals surface area contributed by atoms with Crippen molar-refractivity contribution in [3.63, 3.8) is 0 Å². The second kappa shape index (κ2) is 3.09. The first-order valence-corrected chi connectivity index (χ1v) is 6.27. The Morgan fingerprint density at radius 2 is 0.938 bits per heavy atom. The Balaban J connectivity index is 3.43. The monoisotopic (exact) mass is 297 g/mol. The van der Waals surface area contributed by atoms with Gasteiger partial charge < -0.3 is 0 Å². The third-order valence-corrected chi connectivity index (χ3v) is 5.48. The predicted molar refractivity (Wildman–Crippen MR) is 43.7 cm³/mol. The molecular formula is C3H5F6NO4S2. The molecule has 1 aliphatic rings. The molecule has 1 aliphatic heterocycles. The first-order valence-electron chi connectivity index (χ1n) is 3.18. The molecule has 16 heavy (non-hydrogen) atoms. The Kier molecular flexibility index (Phi) is 2.74. The molecule has 1 rings (SSSR count). The number of halogens is 6. The maximum Gasteiger partial charge on any atom is 0.422 e. The summed E-state index contributed by atoms with van der Waals surface area (Å²) in [6, 6.07) is 0. The predicted octanol–water partition coefficient (Wildman–Crippen LogP) is 2.74. The van der Waals surface area contributed by atoms with Crippen molar-refractivity contribution in [1.82, 2.24) is 4.13 Å². The highest BCUT2D eigenvalue weighted by atomic mass is 32.3. The Labute approximate surface area is 87.4 Å². The summed E-state index contributed by atoms with van der Waals surface area (Å²) in [7, 11) is -11.6. The maximum atomic E-state index is 12.6. The summed E-state index contributed by atoms with van der Waals surface area (Å²) in [4.78, 5) is 0. The van der Waals surface area contributed by atoms with E-state index in [4.69, 9.17) is 18.2 Å². The number of rotatable bonds is 0. The van der Waals surface area contributed by atoms with E-state index < -0.39 is 38.0 Å². The van der Waals surface area contributed by atoms with Gasteiger partial charge in [0, 0.05) is 0 Å². The lowest BCUT2D eigenvalue weighted by Gasteiger charge is -2.56. The van der Waals surface area contributed by atoms with Crippen LogP contribution in [0.25, 0.3) is 0 Å². The van der Waals surface area contributed by atoms with Gasteiger partial charge in [0.15, 0.2) is 0 Å². The minimum Gasteiger partial charge on any atom is -0.279 e. The van der Waals surface area contributed by atoms with Crippen LogP contribution < -0.4 is 4.13 Å². The lowest BCUT2D eigenvalue weighted by Crippen LogP contribution is -2.66. The molecule has 0 aromatic heterocycles. The Bertz CT molecular complexity index is 293. The van der Waals surface area contributed by atoms with E-state index in [1.807, 2.05) is 0 Å². The molecule has 100 valence electrons. The van der Waals surface area contributed by atoms with Crippen LogP contribution in [0.5, 0.6) is 0 Å². The molecule has 0 atom stereocenters. The van der Waals surface area contributed by atoms with Crippen LogP contribution in [-0.2, 0) is 0 Å². The largest absolute Gasteiger partial charge is 0.422 e. The Hall–Kier alpha value is 0.0800. The SMILES string of the molecule is OS1(O)NS(O)(O)C(F)(F)C(F)(F)C1(F)F. The molecule has 0 amide bonds. The van der Waals surface area contributed by atoms with Gasteiger partial charge in [-0.1, -0.05) is 21.6 Å². The molecule has 0 radical (unpaired) electrons. The zero-order valence-corrected chi connectivity index (χ0v) is 8.51. The fourth-order valence-electron chi connectivity index (χ4n) is 0.794. The summed E-state index contributed by atoms with van der Waals surface area (Å²) < 4.78 is 110. The first kappa shape index (κ1) is 14.1. The molecule has 1 fully saturated rings. The van der Waals surface area contributed by atoms with Crippen LogP contribution in [0.3, 0.4) is 0 Å². The third-order valence-electron chi connectivity index (χ3n) is 1.68. The van der Waals surface area contributed by atoms with Crippen molar-refractivity contribution in [2.45, 2.75) is 16.4 Å². The standard InChI is InChI=1S/C3H5F6NO4S2/c4-1(5)2(6,7)15(11,12)10-16(13,14)3(1,8)9/h10-14H. The van der Waals surface area contributed by atoms with E-state index in [0.717, 1.165) is 0 Å². The Morgan fingerprint density at radius 1 is 0.688 bits per heavy atom. The van der Waals surface area contributed by atoms with Gasteiger partial charge in [0.25, 0.3) is 0 Å². The zero-order chi connectivity index (χ0) is 13.2. The van der Waals surface area contributed by atoms with Gasteiger partial charge in [-0.25, -0.2) is 0 Å². The molecule has 0 unspecified atom stereocenters. The van der Waals surface area contributed by atoms with Gasteiger partial charge in [-0.15, -0.1) is 4.13 Å². The van der Waals surface area contributed by atoms with Gasteiger partial charge in [0.1, 0.15) is 0 Å². The van der Waals surface area contributed by atoms with Crippen molar-refractivity contribution in [2.24, 2.45) is 0 Å². The van der Waals surface area contributed by atoms with Crippen molar-refractivity contribution in [2.75, 3.05) is 0 Å². The molecule has 1 heterocycles. The molecule has 1 saturated heterocycles.